The van der Waals surface area contributed by atoms with Crippen LogP contribution in [0.1, 0.15) is 18.9 Å². The Morgan fingerprint density at radius 1 is 1.30 bits per heavy atom. The molecule has 1 aromatic rings. The van der Waals surface area contributed by atoms with Crippen LogP contribution in [0.2, 0.25) is 10.0 Å². The number of halogens is 5. The Bertz CT molecular complexity index is 890. The van der Waals surface area contributed by atoms with Gasteiger partial charge in [-0.1, -0.05) is 23.2 Å². The molecular formula is C16H12Cl2F3NO8. The lowest BCUT2D eigenvalue weighted by Crippen LogP contribution is -2.41. The van der Waals surface area contributed by atoms with Crippen LogP contribution in [0.15, 0.2) is 17.7 Å². The Morgan fingerprint density at radius 2 is 1.97 bits per heavy atom. The molecule has 2 rings (SSSR count). The summed E-state index contributed by atoms with van der Waals surface area (Å²) >= 11 is 11.7. The van der Waals surface area contributed by atoms with Crippen LogP contribution in [-0.2, 0) is 23.9 Å². The lowest BCUT2D eigenvalue weighted by molar-refractivity contribution is -0.757. The van der Waals surface area contributed by atoms with E-state index in [1.165, 1.54) is 12.1 Å². The monoisotopic (exact) mass is 473 g/mol. The summed E-state index contributed by atoms with van der Waals surface area (Å²) in [6.07, 6.45) is -8.97. The van der Waals surface area contributed by atoms with E-state index in [0.29, 0.717) is 0 Å². The predicted octanol–water partition coefficient (Wildman–Crippen LogP) is 3.73. The van der Waals surface area contributed by atoms with Crippen molar-refractivity contribution in [2.75, 3.05) is 6.61 Å². The Labute approximate surface area is 176 Å². The fraction of sp³-hybridized carbons (Fsp3) is 0.375. The number of alkyl halides is 3. The molecule has 0 bridgehead atoms. The number of fused-ring (bicyclic) bond motifs is 1. The van der Waals surface area contributed by atoms with Gasteiger partial charge in [0.2, 0.25) is 12.4 Å². The zero-order chi connectivity index (χ0) is 22.6. The molecule has 1 aromatic carbocycles. The number of benzene rings is 1. The summed E-state index contributed by atoms with van der Waals surface area (Å²) in [5.41, 5.74) is -0.908. The second-order valence-electron chi connectivity index (χ2n) is 5.71. The number of nitrogens with zero attached hydrogens (tertiary/aromatic N) is 1. The van der Waals surface area contributed by atoms with Gasteiger partial charge in [0.15, 0.2) is 0 Å². The molecule has 0 N–H and O–H groups in total. The van der Waals surface area contributed by atoms with Gasteiger partial charge < -0.3 is 19.0 Å². The number of carbonyl (C=O) groups excluding carboxylic acids is 2. The van der Waals surface area contributed by atoms with Crippen LogP contribution in [0.3, 0.4) is 0 Å². The van der Waals surface area contributed by atoms with Crippen LogP contribution in [0.25, 0.3) is 6.08 Å². The fourth-order valence-electron chi connectivity index (χ4n) is 2.34. The van der Waals surface area contributed by atoms with Crippen molar-refractivity contribution in [1.29, 1.82) is 0 Å². The van der Waals surface area contributed by atoms with Crippen molar-refractivity contribution in [2.45, 2.75) is 31.9 Å². The van der Waals surface area contributed by atoms with Crippen LogP contribution >= 0.6 is 23.2 Å². The van der Waals surface area contributed by atoms with E-state index in [0.717, 1.165) is 13.0 Å². The van der Waals surface area contributed by atoms with Crippen molar-refractivity contribution >= 4 is 41.2 Å². The molecule has 0 aromatic heterocycles. The minimum absolute atomic E-state index is 0.0153. The smallest absolute Gasteiger partial charge is 0.430 e. The number of carbonyl (C=O) groups is 2. The van der Waals surface area contributed by atoms with Crippen molar-refractivity contribution in [3.05, 3.63) is 43.4 Å². The van der Waals surface area contributed by atoms with Gasteiger partial charge >= 0.3 is 18.1 Å². The zero-order valence-electron chi connectivity index (χ0n) is 14.9. The average molecular weight is 474 g/mol. The van der Waals surface area contributed by atoms with Crippen molar-refractivity contribution in [3.8, 4) is 5.75 Å². The molecule has 1 heterocycles. The highest BCUT2D eigenvalue weighted by Gasteiger charge is 2.49. The molecule has 30 heavy (non-hydrogen) atoms. The first kappa shape index (κ1) is 23.5. The zero-order valence-corrected chi connectivity index (χ0v) is 16.4. The summed E-state index contributed by atoms with van der Waals surface area (Å²) in [5, 5.41) is 8.78. The van der Waals surface area contributed by atoms with E-state index in [1.54, 1.807) is 0 Å². The first-order chi connectivity index (χ1) is 13.9. The maximum atomic E-state index is 13.4. The minimum atomic E-state index is -4.99. The summed E-state index contributed by atoms with van der Waals surface area (Å²) in [6, 6.07) is 2.41. The van der Waals surface area contributed by atoms with E-state index in [-0.39, 0.29) is 21.4 Å². The number of hydrogen-bond donors (Lipinski definition) is 0. The third-order valence-corrected chi connectivity index (χ3v) is 3.97. The van der Waals surface area contributed by atoms with E-state index in [4.69, 9.17) is 32.7 Å². The summed E-state index contributed by atoms with van der Waals surface area (Å²) in [4.78, 5) is 37.7. The number of ether oxygens (including phenoxy) is 3. The number of rotatable bonds is 7. The molecular weight excluding hydrogens is 462 g/mol. The molecule has 0 saturated heterocycles. The highest BCUT2D eigenvalue weighted by atomic mass is 35.5. The van der Waals surface area contributed by atoms with Crippen molar-refractivity contribution < 1.29 is 46.9 Å². The predicted molar refractivity (Wildman–Crippen MR) is 94.1 cm³/mol. The standard InChI is InChI=1S/C16H12Cl2F3NO8/c1-7(28-12(23)2-3-27-22(25)26)29-15(24)10-5-8-4-9(17)6-11(18)13(8)30-14(10)16(19,20)21/h4-7,14H,2-3H2,1H3. The van der Waals surface area contributed by atoms with Gasteiger partial charge in [0.05, 0.1) is 17.0 Å². The Hall–Kier alpha value is -2.73. The SMILES string of the molecule is CC(OC(=O)CCO[N+](=O)[O-])OC(=O)C1=Cc2cc(Cl)cc(Cl)c2OC1C(F)(F)F. The van der Waals surface area contributed by atoms with Gasteiger partial charge in [-0.3, -0.25) is 4.79 Å². The van der Waals surface area contributed by atoms with Crippen LogP contribution < -0.4 is 4.74 Å². The minimum Gasteiger partial charge on any atom is -0.474 e. The van der Waals surface area contributed by atoms with E-state index in [9.17, 15) is 32.9 Å². The second kappa shape index (κ2) is 9.39. The Kier molecular flexibility index (Phi) is 7.37. The Morgan fingerprint density at radius 3 is 2.57 bits per heavy atom. The van der Waals surface area contributed by atoms with E-state index >= 15 is 0 Å². The normalized spacial score (nSPS) is 16.5. The molecule has 0 amide bonds. The molecule has 0 radical (unpaired) electrons. The van der Waals surface area contributed by atoms with Gasteiger partial charge in [0, 0.05) is 17.5 Å². The Balaban J connectivity index is 2.15. The average Bonchev–Trinajstić information content (AvgIpc) is 2.59. The number of hydrogen-bond acceptors (Lipinski definition) is 8. The third-order valence-electron chi connectivity index (χ3n) is 3.47. The van der Waals surface area contributed by atoms with Crippen LogP contribution in [0.5, 0.6) is 5.75 Å². The second-order valence-corrected chi connectivity index (χ2v) is 6.56. The highest BCUT2D eigenvalue weighted by Crippen LogP contribution is 2.42. The van der Waals surface area contributed by atoms with Crippen molar-refractivity contribution in [2.24, 2.45) is 0 Å². The maximum Gasteiger partial charge on any atom is 0.430 e. The lowest BCUT2D eigenvalue weighted by Gasteiger charge is -2.29. The summed E-state index contributed by atoms with van der Waals surface area (Å²) in [5.74, 6) is -2.83. The largest absolute Gasteiger partial charge is 0.474 e. The summed E-state index contributed by atoms with van der Waals surface area (Å²) < 4.78 is 54.5. The van der Waals surface area contributed by atoms with Crippen LogP contribution in [0.4, 0.5) is 13.2 Å². The molecule has 0 fully saturated rings. The van der Waals surface area contributed by atoms with E-state index in [1.807, 2.05) is 0 Å². The molecule has 0 aliphatic carbocycles. The molecule has 14 heteroatoms. The number of esters is 2. The van der Waals surface area contributed by atoms with Gasteiger partial charge in [0.1, 0.15) is 12.4 Å². The molecule has 2 atom stereocenters. The van der Waals surface area contributed by atoms with Gasteiger partial charge in [-0.2, -0.15) is 13.2 Å². The van der Waals surface area contributed by atoms with Crippen LogP contribution in [0, 0.1) is 10.1 Å². The molecule has 9 nitrogen and oxygen atoms in total. The molecule has 0 spiro atoms. The molecule has 164 valence electrons. The van der Waals surface area contributed by atoms with E-state index in [2.05, 4.69) is 9.57 Å². The van der Waals surface area contributed by atoms with Gasteiger partial charge in [-0.05, 0) is 18.2 Å². The molecule has 1 aliphatic heterocycles. The molecule has 0 saturated carbocycles. The molecule has 2 unspecified atom stereocenters. The first-order valence-electron chi connectivity index (χ1n) is 8.00. The van der Waals surface area contributed by atoms with E-state index < -0.39 is 54.2 Å². The third kappa shape index (κ3) is 6.13. The summed E-state index contributed by atoms with van der Waals surface area (Å²) in [6.45, 7) is 0.457. The summed E-state index contributed by atoms with van der Waals surface area (Å²) in [7, 11) is 0. The van der Waals surface area contributed by atoms with Crippen LogP contribution in [-0.4, -0.2) is 42.2 Å². The van der Waals surface area contributed by atoms with Crippen molar-refractivity contribution in [1.82, 2.24) is 0 Å². The van der Waals surface area contributed by atoms with Gasteiger partial charge in [0.25, 0.3) is 5.09 Å². The quantitative estimate of drug-likeness (QED) is 0.254. The molecule has 1 aliphatic rings. The lowest BCUT2D eigenvalue weighted by atomic mass is 10.0. The highest BCUT2D eigenvalue weighted by molar-refractivity contribution is 6.36. The first-order valence-corrected chi connectivity index (χ1v) is 8.76. The fourth-order valence-corrected chi connectivity index (χ4v) is 2.89. The van der Waals surface area contributed by atoms with Crippen molar-refractivity contribution in [3.63, 3.8) is 0 Å². The maximum absolute atomic E-state index is 13.4. The van der Waals surface area contributed by atoms with Gasteiger partial charge in [-0.15, -0.1) is 10.1 Å². The van der Waals surface area contributed by atoms with Gasteiger partial charge in [-0.25, -0.2) is 4.79 Å². The topological polar surface area (TPSA) is 114 Å².